The van der Waals surface area contributed by atoms with E-state index in [-0.39, 0.29) is 17.3 Å². The average Bonchev–Trinajstić information content (AvgIpc) is 2.78. The van der Waals surface area contributed by atoms with E-state index in [1.165, 1.54) is 19.1 Å². The highest BCUT2D eigenvalue weighted by Gasteiger charge is 2.13. The molecule has 3 rings (SSSR count). The van der Waals surface area contributed by atoms with Gasteiger partial charge < -0.3 is 15.4 Å². The molecule has 2 amide bonds. The van der Waals surface area contributed by atoms with E-state index in [1.54, 1.807) is 60.7 Å². The number of ketones is 1. The second kappa shape index (κ2) is 9.98. The van der Waals surface area contributed by atoms with Crippen molar-refractivity contribution in [3.63, 3.8) is 0 Å². The summed E-state index contributed by atoms with van der Waals surface area (Å²) in [6.45, 7) is 0.940. The zero-order valence-electron chi connectivity index (χ0n) is 16.8. The maximum Gasteiger partial charge on any atom is 0.338 e. The van der Waals surface area contributed by atoms with Gasteiger partial charge in [-0.1, -0.05) is 42.5 Å². The van der Waals surface area contributed by atoms with Crippen molar-refractivity contribution in [1.29, 1.82) is 0 Å². The second-order valence-electron chi connectivity index (χ2n) is 6.66. The fraction of sp³-hybridized carbons (Fsp3) is 0.0833. The summed E-state index contributed by atoms with van der Waals surface area (Å²) in [5.41, 5.74) is 2.34. The van der Waals surface area contributed by atoms with E-state index in [4.69, 9.17) is 4.74 Å². The number of hydrogen-bond acceptors (Lipinski definition) is 5. The number of nitrogens with one attached hydrogen (secondary N) is 2. The quantitative estimate of drug-likeness (QED) is 0.452. The summed E-state index contributed by atoms with van der Waals surface area (Å²) in [5, 5.41) is 5.22. The predicted molar refractivity (Wildman–Crippen MR) is 116 cm³/mol. The summed E-state index contributed by atoms with van der Waals surface area (Å²) < 4.78 is 5.03. The van der Waals surface area contributed by atoms with E-state index in [9.17, 15) is 19.2 Å². The Morgan fingerprint density at radius 1 is 0.677 bits per heavy atom. The van der Waals surface area contributed by atoms with Crippen LogP contribution in [0.3, 0.4) is 0 Å². The van der Waals surface area contributed by atoms with Gasteiger partial charge in [0.15, 0.2) is 12.4 Å². The van der Waals surface area contributed by atoms with Crippen LogP contribution in [-0.4, -0.2) is 30.2 Å². The summed E-state index contributed by atoms with van der Waals surface area (Å²) in [4.78, 5) is 47.6. The van der Waals surface area contributed by atoms with Crippen LogP contribution in [0.2, 0.25) is 0 Å². The number of hydrogen-bond donors (Lipinski definition) is 2. The van der Waals surface area contributed by atoms with Crippen molar-refractivity contribution in [2.24, 2.45) is 0 Å². The SMILES string of the molecule is CC(=O)Nc1ccc(NC(=O)COC(=O)c2ccc(C(=O)c3ccccc3)cc2)cc1. The molecule has 156 valence electrons. The Morgan fingerprint density at radius 2 is 1.19 bits per heavy atom. The normalized spacial score (nSPS) is 10.1. The lowest BCUT2D eigenvalue weighted by atomic mass is 10.0. The molecule has 3 aromatic rings. The zero-order chi connectivity index (χ0) is 22.2. The van der Waals surface area contributed by atoms with Gasteiger partial charge in [0.25, 0.3) is 5.91 Å². The maximum absolute atomic E-state index is 12.4. The topological polar surface area (TPSA) is 102 Å². The summed E-state index contributed by atoms with van der Waals surface area (Å²) >= 11 is 0. The molecule has 0 atom stereocenters. The van der Waals surface area contributed by atoms with Gasteiger partial charge in [-0.3, -0.25) is 14.4 Å². The molecule has 0 radical (unpaired) electrons. The third-order valence-electron chi connectivity index (χ3n) is 4.24. The van der Waals surface area contributed by atoms with Crippen molar-refractivity contribution in [2.75, 3.05) is 17.2 Å². The Balaban J connectivity index is 1.51. The minimum Gasteiger partial charge on any atom is -0.452 e. The standard InChI is InChI=1S/C24H20N2O5/c1-16(27)25-20-11-13-21(14-12-20)26-22(28)15-31-24(30)19-9-7-18(8-10-19)23(29)17-5-3-2-4-6-17/h2-14H,15H2,1H3,(H,25,27)(H,26,28). The number of anilines is 2. The summed E-state index contributed by atoms with van der Waals surface area (Å²) in [6, 6.07) is 21.4. The number of esters is 1. The maximum atomic E-state index is 12.4. The molecular weight excluding hydrogens is 396 g/mol. The van der Waals surface area contributed by atoms with Crippen molar-refractivity contribution in [1.82, 2.24) is 0 Å². The molecule has 3 aromatic carbocycles. The number of rotatable bonds is 7. The molecule has 31 heavy (non-hydrogen) atoms. The average molecular weight is 416 g/mol. The number of benzene rings is 3. The Labute approximate surface area is 179 Å². The van der Waals surface area contributed by atoms with Crippen LogP contribution in [-0.2, 0) is 14.3 Å². The van der Waals surface area contributed by atoms with Gasteiger partial charge in [0.2, 0.25) is 5.91 Å². The smallest absolute Gasteiger partial charge is 0.338 e. The summed E-state index contributed by atoms with van der Waals surface area (Å²) in [6.07, 6.45) is 0. The van der Waals surface area contributed by atoms with Crippen molar-refractivity contribution in [3.05, 3.63) is 95.6 Å². The molecule has 0 aliphatic heterocycles. The first kappa shape index (κ1) is 21.4. The fourth-order valence-corrected chi connectivity index (χ4v) is 2.77. The lowest BCUT2D eigenvalue weighted by molar-refractivity contribution is -0.119. The van der Waals surface area contributed by atoms with E-state index in [0.29, 0.717) is 22.5 Å². The summed E-state index contributed by atoms with van der Waals surface area (Å²) in [5.74, 6) is -1.52. The first-order valence-corrected chi connectivity index (χ1v) is 9.47. The Morgan fingerprint density at radius 3 is 1.77 bits per heavy atom. The predicted octanol–water partition coefficient (Wildman–Crippen LogP) is 3.67. The molecule has 0 spiro atoms. The first-order valence-electron chi connectivity index (χ1n) is 9.47. The third kappa shape index (κ3) is 6.11. The van der Waals surface area contributed by atoms with E-state index >= 15 is 0 Å². The van der Waals surface area contributed by atoms with Crippen molar-refractivity contribution in [3.8, 4) is 0 Å². The number of amides is 2. The molecule has 7 heteroatoms. The molecular formula is C24H20N2O5. The molecule has 7 nitrogen and oxygen atoms in total. The van der Waals surface area contributed by atoms with Gasteiger partial charge >= 0.3 is 5.97 Å². The van der Waals surface area contributed by atoms with Crippen molar-refractivity contribution in [2.45, 2.75) is 6.92 Å². The van der Waals surface area contributed by atoms with Crippen LogP contribution in [0.5, 0.6) is 0 Å². The monoisotopic (exact) mass is 416 g/mol. The van der Waals surface area contributed by atoms with Gasteiger partial charge in [0.05, 0.1) is 5.56 Å². The van der Waals surface area contributed by atoms with Crippen LogP contribution in [0.15, 0.2) is 78.9 Å². The fourth-order valence-electron chi connectivity index (χ4n) is 2.77. The molecule has 0 aromatic heterocycles. The lowest BCUT2D eigenvalue weighted by Crippen LogP contribution is -2.21. The van der Waals surface area contributed by atoms with Crippen molar-refractivity contribution >= 4 is 34.9 Å². The number of carbonyl (C=O) groups excluding carboxylic acids is 4. The van der Waals surface area contributed by atoms with Gasteiger partial charge in [-0.05, 0) is 36.4 Å². The molecule has 0 saturated heterocycles. The van der Waals surface area contributed by atoms with Gasteiger partial charge in [0.1, 0.15) is 0 Å². The lowest BCUT2D eigenvalue weighted by Gasteiger charge is -2.08. The third-order valence-corrected chi connectivity index (χ3v) is 4.24. The van der Waals surface area contributed by atoms with E-state index in [0.717, 1.165) is 0 Å². The van der Waals surface area contributed by atoms with E-state index < -0.39 is 18.5 Å². The van der Waals surface area contributed by atoms with Crippen LogP contribution >= 0.6 is 0 Å². The molecule has 0 aliphatic rings. The Kier molecular flexibility index (Phi) is 6.90. The summed E-state index contributed by atoms with van der Waals surface area (Å²) in [7, 11) is 0. The van der Waals surface area contributed by atoms with Crippen LogP contribution in [0.4, 0.5) is 11.4 Å². The molecule has 0 saturated carbocycles. The van der Waals surface area contributed by atoms with Crippen LogP contribution < -0.4 is 10.6 Å². The number of ether oxygens (including phenoxy) is 1. The molecule has 0 unspecified atom stereocenters. The Bertz CT molecular complexity index is 1090. The number of carbonyl (C=O) groups is 4. The van der Waals surface area contributed by atoms with E-state index in [2.05, 4.69) is 10.6 Å². The van der Waals surface area contributed by atoms with Crippen LogP contribution in [0.25, 0.3) is 0 Å². The van der Waals surface area contributed by atoms with Gasteiger partial charge in [-0.25, -0.2) is 4.79 Å². The highest BCUT2D eigenvalue weighted by molar-refractivity contribution is 6.09. The van der Waals surface area contributed by atoms with Crippen LogP contribution in [0, 0.1) is 0 Å². The molecule has 0 fully saturated rings. The molecule has 0 aliphatic carbocycles. The first-order chi connectivity index (χ1) is 14.9. The highest BCUT2D eigenvalue weighted by atomic mass is 16.5. The van der Waals surface area contributed by atoms with Gasteiger partial charge in [0, 0.05) is 29.4 Å². The second-order valence-corrected chi connectivity index (χ2v) is 6.66. The molecule has 2 N–H and O–H groups in total. The molecule has 0 bridgehead atoms. The van der Waals surface area contributed by atoms with Gasteiger partial charge in [-0.2, -0.15) is 0 Å². The van der Waals surface area contributed by atoms with E-state index in [1.807, 2.05) is 6.07 Å². The van der Waals surface area contributed by atoms with Crippen molar-refractivity contribution < 1.29 is 23.9 Å². The molecule has 0 heterocycles. The zero-order valence-corrected chi connectivity index (χ0v) is 16.8. The highest BCUT2D eigenvalue weighted by Crippen LogP contribution is 2.14. The van der Waals surface area contributed by atoms with Gasteiger partial charge in [-0.15, -0.1) is 0 Å². The van der Waals surface area contributed by atoms with Crippen LogP contribution in [0.1, 0.15) is 33.2 Å². The Hall–Kier alpha value is -4.26. The minimum atomic E-state index is -0.671. The minimum absolute atomic E-state index is 0.149. The largest absolute Gasteiger partial charge is 0.452 e.